The highest BCUT2D eigenvalue weighted by Crippen LogP contribution is 2.20. The summed E-state index contributed by atoms with van der Waals surface area (Å²) in [5, 5.41) is 15.2. The summed E-state index contributed by atoms with van der Waals surface area (Å²) in [6, 6.07) is 6.65. The first-order chi connectivity index (χ1) is 14.9. The van der Waals surface area contributed by atoms with Crippen LogP contribution >= 0.6 is 11.6 Å². The molecular formula is C21H23ClFN3O5. The third-order valence-electron chi connectivity index (χ3n) is 3.96. The van der Waals surface area contributed by atoms with Gasteiger partial charge in [0.05, 0.1) is 17.3 Å². The first kappa shape index (κ1) is 24.1. The van der Waals surface area contributed by atoms with E-state index in [4.69, 9.17) is 21.1 Å². The van der Waals surface area contributed by atoms with E-state index in [1.165, 1.54) is 24.4 Å². The number of aliphatic hydroxyl groups excluding tert-OH is 1. The molecule has 1 aromatic carbocycles. The van der Waals surface area contributed by atoms with Crippen molar-refractivity contribution in [1.82, 2.24) is 15.6 Å². The molecule has 0 radical (unpaired) electrons. The SMILES string of the molecule is C=CC(C[C@H](O)CNC(=O)COc1ccc(Cl)c(F)c1)NC(=O)COc1cccnc1. The van der Waals surface area contributed by atoms with Crippen molar-refractivity contribution in [2.75, 3.05) is 19.8 Å². The zero-order chi connectivity index (χ0) is 22.6. The molecule has 0 bridgehead atoms. The summed E-state index contributed by atoms with van der Waals surface area (Å²) < 4.78 is 23.8. The third-order valence-corrected chi connectivity index (χ3v) is 4.26. The van der Waals surface area contributed by atoms with Crippen molar-refractivity contribution < 1.29 is 28.6 Å². The summed E-state index contributed by atoms with van der Waals surface area (Å²) in [4.78, 5) is 27.7. The molecular weight excluding hydrogens is 429 g/mol. The highest BCUT2D eigenvalue weighted by Gasteiger charge is 2.16. The smallest absolute Gasteiger partial charge is 0.258 e. The Labute approximate surface area is 184 Å². The van der Waals surface area contributed by atoms with Gasteiger partial charge in [-0.05, 0) is 30.7 Å². The molecule has 1 aromatic heterocycles. The summed E-state index contributed by atoms with van der Waals surface area (Å²) in [7, 11) is 0. The number of ether oxygens (including phenoxy) is 2. The molecule has 2 rings (SSSR count). The van der Waals surface area contributed by atoms with Gasteiger partial charge < -0.3 is 25.2 Å². The standard InChI is InChI=1S/C21H23ClFN3O5/c1-2-14(26-21(29)13-31-17-4-3-7-24-11-17)8-15(27)10-25-20(28)12-30-16-5-6-18(22)19(23)9-16/h2-7,9,11,14-15,27H,1,8,10,12-13H2,(H,25,28)(H,26,29)/t14?,15-/m0/s1. The minimum Gasteiger partial charge on any atom is -0.484 e. The minimum absolute atomic E-state index is 0.0487. The van der Waals surface area contributed by atoms with E-state index in [9.17, 15) is 19.1 Å². The number of halogens is 2. The van der Waals surface area contributed by atoms with Gasteiger partial charge in [-0.15, -0.1) is 6.58 Å². The first-order valence-electron chi connectivity index (χ1n) is 9.34. The number of nitrogens with one attached hydrogen (secondary N) is 2. The number of hydrogen-bond donors (Lipinski definition) is 3. The lowest BCUT2D eigenvalue weighted by Gasteiger charge is -2.19. The average Bonchev–Trinajstić information content (AvgIpc) is 2.77. The van der Waals surface area contributed by atoms with E-state index in [1.807, 2.05) is 0 Å². The zero-order valence-corrected chi connectivity index (χ0v) is 17.3. The number of aliphatic hydroxyl groups is 1. The van der Waals surface area contributed by atoms with E-state index in [0.717, 1.165) is 6.07 Å². The Balaban J connectivity index is 1.67. The molecule has 10 heteroatoms. The predicted octanol–water partition coefficient (Wildman–Crippen LogP) is 1.87. The van der Waals surface area contributed by atoms with Gasteiger partial charge in [-0.3, -0.25) is 14.6 Å². The predicted molar refractivity (Wildman–Crippen MR) is 112 cm³/mol. The van der Waals surface area contributed by atoms with Crippen LogP contribution in [0.25, 0.3) is 0 Å². The molecule has 0 aliphatic rings. The summed E-state index contributed by atoms with van der Waals surface area (Å²) in [6.45, 7) is 2.99. The normalized spacial score (nSPS) is 12.4. The molecule has 2 atom stereocenters. The quantitative estimate of drug-likeness (QED) is 0.425. The monoisotopic (exact) mass is 451 g/mol. The highest BCUT2D eigenvalue weighted by molar-refractivity contribution is 6.30. The van der Waals surface area contributed by atoms with Crippen molar-refractivity contribution in [3.8, 4) is 11.5 Å². The van der Waals surface area contributed by atoms with E-state index in [2.05, 4.69) is 22.2 Å². The molecule has 0 aliphatic heterocycles. The molecule has 0 spiro atoms. The van der Waals surface area contributed by atoms with Crippen molar-refractivity contribution >= 4 is 23.4 Å². The lowest BCUT2D eigenvalue weighted by molar-refractivity contribution is -0.124. The fourth-order valence-corrected chi connectivity index (χ4v) is 2.54. The maximum absolute atomic E-state index is 13.3. The number of amides is 2. The number of hydrogen-bond acceptors (Lipinski definition) is 6. The van der Waals surface area contributed by atoms with Crippen LogP contribution in [0.4, 0.5) is 4.39 Å². The van der Waals surface area contributed by atoms with Gasteiger partial charge in [-0.2, -0.15) is 0 Å². The largest absolute Gasteiger partial charge is 0.484 e. The summed E-state index contributed by atoms with van der Waals surface area (Å²) >= 11 is 5.58. The minimum atomic E-state index is -0.945. The van der Waals surface area contributed by atoms with Crippen molar-refractivity contribution in [3.63, 3.8) is 0 Å². The lowest BCUT2D eigenvalue weighted by Crippen LogP contribution is -2.42. The second-order valence-corrected chi connectivity index (χ2v) is 6.85. The van der Waals surface area contributed by atoms with Crippen LogP contribution in [-0.2, 0) is 9.59 Å². The zero-order valence-electron chi connectivity index (χ0n) is 16.6. The fourth-order valence-electron chi connectivity index (χ4n) is 2.42. The van der Waals surface area contributed by atoms with Crippen LogP contribution in [0.2, 0.25) is 5.02 Å². The van der Waals surface area contributed by atoms with Crippen LogP contribution in [0.15, 0.2) is 55.4 Å². The third kappa shape index (κ3) is 9.02. The molecule has 0 aliphatic carbocycles. The second-order valence-electron chi connectivity index (χ2n) is 6.45. The lowest BCUT2D eigenvalue weighted by atomic mass is 10.1. The fraction of sp³-hybridized carbons (Fsp3) is 0.286. The van der Waals surface area contributed by atoms with Crippen molar-refractivity contribution in [1.29, 1.82) is 0 Å². The number of nitrogens with zero attached hydrogens (tertiary/aromatic N) is 1. The van der Waals surface area contributed by atoms with Crippen LogP contribution in [0.1, 0.15) is 6.42 Å². The molecule has 0 saturated carbocycles. The van der Waals surface area contributed by atoms with Gasteiger partial charge in [0.2, 0.25) is 0 Å². The molecule has 31 heavy (non-hydrogen) atoms. The molecule has 3 N–H and O–H groups in total. The van der Waals surface area contributed by atoms with Crippen molar-refractivity contribution in [3.05, 3.63) is 66.2 Å². The topological polar surface area (TPSA) is 110 Å². The Hall–Kier alpha value is -3.17. The Morgan fingerprint density at radius 2 is 1.97 bits per heavy atom. The van der Waals surface area contributed by atoms with Gasteiger partial charge >= 0.3 is 0 Å². The summed E-state index contributed by atoms with van der Waals surface area (Å²) in [5.74, 6) is -0.940. The van der Waals surface area contributed by atoms with Crippen LogP contribution in [0, 0.1) is 5.82 Å². The number of rotatable bonds is 12. The molecule has 1 heterocycles. The van der Waals surface area contributed by atoms with E-state index < -0.39 is 29.8 Å². The second kappa shape index (κ2) is 12.5. The van der Waals surface area contributed by atoms with Gasteiger partial charge in [0.25, 0.3) is 11.8 Å². The number of aromatic nitrogens is 1. The van der Waals surface area contributed by atoms with Gasteiger partial charge in [-0.25, -0.2) is 4.39 Å². The van der Waals surface area contributed by atoms with Crippen LogP contribution in [0.3, 0.4) is 0 Å². The molecule has 8 nitrogen and oxygen atoms in total. The Bertz CT molecular complexity index is 885. The van der Waals surface area contributed by atoms with Crippen molar-refractivity contribution in [2.24, 2.45) is 0 Å². The maximum atomic E-state index is 13.3. The van der Waals surface area contributed by atoms with Crippen LogP contribution in [0.5, 0.6) is 11.5 Å². The Kier molecular flexibility index (Phi) is 9.73. The van der Waals surface area contributed by atoms with E-state index in [0.29, 0.717) is 5.75 Å². The number of carbonyl (C=O) groups excluding carboxylic acids is 2. The number of benzene rings is 1. The van der Waals surface area contributed by atoms with Gasteiger partial charge in [0.15, 0.2) is 13.2 Å². The Morgan fingerprint density at radius 3 is 2.65 bits per heavy atom. The van der Waals surface area contributed by atoms with Crippen molar-refractivity contribution in [2.45, 2.75) is 18.6 Å². The van der Waals surface area contributed by atoms with Crippen LogP contribution < -0.4 is 20.1 Å². The Morgan fingerprint density at radius 1 is 1.23 bits per heavy atom. The molecule has 2 aromatic rings. The molecule has 0 fully saturated rings. The highest BCUT2D eigenvalue weighted by atomic mass is 35.5. The van der Waals surface area contributed by atoms with E-state index in [-0.39, 0.29) is 37.0 Å². The first-order valence-corrected chi connectivity index (χ1v) is 9.72. The maximum Gasteiger partial charge on any atom is 0.258 e. The molecule has 2 amide bonds. The van der Waals surface area contributed by atoms with Gasteiger partial charge in [0, 0.05) is 24.8 Å². The number of pyridine rings is 1. The van der Waals surface area contributed by atoms with E-state index in [1.54, 1.807) is 18.3 Å². The van der Waals surface area contributed by atoms with E-state index >= 15 is 0 Å². The molecule has 0 saturated heterocycles. The van der Waals surface area contributed by atoms with Gasteiger partial charge in [0.1, 0.15) is 17.3 Å². The van der Waals surface area contributed by atoms with Gasteiger partial charge in [-0.1, -0.05) is 17.7 Å². The summed E-state index contributed by atoms with van der Waals surface area (Å²) in [6.07, 6.45) is 3.73. The average molecular weight is 452 g/mol. The summed E-state index contributed by atoms with van der Waals surface area (Å²) in [5.41, 5.74) is 0. The van der Waals surface area contributed by atoms with Crippen LogP contribution in [-0.4, -0.2) is 53.8 Å². The molecule has 166 valence electrons. The molecule has 1 unspecified atom stereocenters. The number of carbonyl (C=O) groups is 2.